The first-order valence-corrected chi connectivity index (χ1v) is 18.2. The van der Waals surface area contributed by atoms with Gasteiger partial charge in [0.15, 0.2) is 5.69 Å². The lowest BCUT2D eigenvalue weighted by molar-refractivity contribution is 0.0517. The van der Waals surface area contributed by atoms with E-state index in [0.717, 1.165) is 39.3 Å². The first-order valence-electron chi connectivity index (χ1n) is 13.7. The van der Waals surface area contributed by atoms with Gasteiger partial charge in [0.2, 0.25) is 0 Å². The number of esters is 1. The zero-order chi connectivity index (χ0) is 30.2. The average Bonchev–Trinajstić information content (AvgIpc) is 3.33. The molecule has 0 fully saturated rings. The fraction of sp³-hybridized carbons (Fsp3) is 0.242. The molecule has 0 amide bonds. The topological polar surface area (TPSA) is 94.3 Å². The Bertz CT molecular complexity index is 1890. The Labute approximate surface area is 249 Å². The molecule has 0 aliphatic heterocycles. The molecule has 216 valence electrons. The lowest BCUT2D eigenvalue weighted by atomic mass is 9.96. The van der Waals surface area contributed by atoms with Crippen molar-refractivity contribution in [3.05, 3.63) is 105 Å². The number of hydrogen-bond acceptors (Lipinski definition) is 6. The van der Waals surface area contributed by atoms with Crippen LogP contribution in [0.3, 0.4) is 0 Å². The average molecular weight is 600 g/mol. The zero-order valence-electron chi connectivity index (χ0n) is 24.3. The van der Waals surface area contributed by atoms with Crippen molar-refractivity contribution >= 4 is 47.0 Å². The van der Waals surface area contributed by atoms with Crippen LogP contribution in [0.1, 0.15) is 37.5 Å². The molecule has 0 spiro atoms. The monoisotopic (exact) mass is 599 g/mol. The summed E-state index contributed by atoms with van der Waals surface area (Å²) in [5.41, 5.74) is 2.38. The molecule has 2 heterocycles. The number of aryl methyl sites for hydroxylation is 1. The lowest BCUT2D eigenvalue weighted by Gasteiger charge is -2.15. The highest BCUT2D eigenvalue weighted by atomic mass is 32.1. The summed E-state index contributed by atoms with van der Waals surface area (Å²) < 4.78 is 12.3. The molecule has 0 aliphatic carbocycles. The Kier molecular flexibility index (Phi) is 8.07. The van der Waals surface area contributed by atoms with E-state index in [0.29, 0.717) is 21.8 Å². The van der Waals surface area contributed by atoms with E-state index in [9.17, 15) is 19.5 Å². The van der Waals surface area contributed by atoms with Gasteiger partial charge in [-0.15, -0.1) is 11.3 Å². The minimum absolute atomic E-state index is 0.000154. The van der Waals surface area contributed by atoms with Gasteiger partial charge in [-0.1, -0.05) is 62.1 Å². The Morgan fingerprint density at radius 3 is 2.40 bits per heavy atom. The Morgan fingerprint density at radius 1 is 0.976 bits per heavy atom. The van der Waals surface area contributed by atoms with Crippen LogP contribution in [0.5, 0.6) is 5.75 Å². The molecule has 0 saturated carbocycles. The lowest BCUT2D eigenvalue weighted by Crippen LogP contribution is -2.25. The molecule has 3 aromatic carbocycles. The van der Waals surface area contributed by atoms with Crippen molar-refractivity contribution in [1.29, 1.82) is 0 Å². The van der Waals surface area contributed by atoms with Gasteiger partial charge in [0, 0.05) is 14.1 Å². The Balaban J connectivity index is 1.72. The van der Waals surface area contributed by atoms with Crippen LogP contribution < -0.4 is 10.3 Å². The minimum Gasteiger partial charge on any atom is -0.496 e. The number of hydrogen-bond donors (Lipinski definition) is 1. The normalized spacial score (nSPS) is 11.6. The highest BCUT2D eigenvalue weighted by Crippen LogP contribution is 2.38. The quantitative estimate of drug-likeness (QED) is 0.141. The molecule has 0 saturated heterocycles. The van der Waals surface area contributed by atoms with Crippen LogP contribution in [0.4, 0.5) is 0 Å². The molecule has 0 aliphatic rings. The molecule has 5 rings (SSSR count). The van der Waals surface area contributed by atoms with Gasteiger partial charge in [-0.25, -0.2) is 9.59 Å². The largest absolute Gasteiger partial charge is 0.496 e. The third-order valence-corrected chi connectivity index (χ3v) is 10.2. The predicted octanol–water partition coefficient (Wildman–Crippen LogP) is 7.28. The predicted molar refractivity (Wildman–Crippen MR) is 170 cm³/mol. The number of carboxylic acids is 1. The van der Waals surface area contributed by atoms with Crippen molar-refractivity contribution in [2.45, 2.75) is 39.0 Å². The number of ether oxygens (including phenoxy) is 2. The summed E-state index contributed by atoms with van der Waals surface area (Å²) >= 11 is 1.11. The van der Waals surface area contributed by atoms with Crippen LogP contribution >= 0.6 is 11.3 Å². The molecule has 2 aromatic heterocycles. The van der Waals surface area contributed by atoms with Crippen LogP contribution in [0, 0.1) is 6.92 Å². The number of pyridine rings is 1. The number of nitrogens with zero attached hydrogens (tertiary/aromatic N) is 1. The molecule has 5 aromatic rings. The number of carboxylic acid groups (broad SMARTS) is 1. The van der Waals surface area contributed by atoms with Crippen LogP contribution in [-0.4, -0.2) is 43.2 Å². The maximum Gasteiger partial charge on any atom is 0.356 e. The van der Waals surface area contributed by atoms with Gasteiger partial charge < -0.3 is 14.6 Å². The standard InChI is InChI=1S/C33H33NO6SSi/c1-20-17-23(13-14-26(20)39-2)30-29(33(38)40-15-16-42(3,4)5)34-27(35)19-24(28(32(36)37)31(34)41-30)18-22-11-8-10-21-9-6-7-12-25(21)22/h6-14,17,19H,15-16,18H2,1-5H3,(H,36,37). The van der Waals surface area contributed by atoms with Crippen molar-refractivity contribution in [3.8, 4) is 16.2 Å². The molecule has 0 unspecified atom stereocenters. The van der Waals surface area contributed by atoms with E-state index < -0.39 is 25.6 Å². The van der Waals surface area contributed by atoms with Gasteiger partial charge >= 0.3 is 11.9 Å². The van der Waals surface area contributed by atoms with Gasteiger partial charge in [-0.3, -0.25) is 9.20 Å². The summed E-state index contributed by atoms with van der Waals surface area (Å²) in [6, 6.07) is 21.3. The zero-order valence-corrected chi connectivity index (χ0v) is 26.1. The number of thiazole rings is 1. The van der Waals surface area contributed by atoms with Crippen molar-refractivity contribution in [1.82, 2.24) is 4.40 Å². The highest BCUT2D eigenvalue weighted by Gasteiger charge is 2.29. The van der Waals surface area contributed by atoms with Crippen LogP contribution in [-0.2, 0) is 11.2 Å². The molecule has 9 heteroatoms. The number of aromatic carboxylic acids is 1. The summed E-state index contributed by atoms with van der Waals surface area (Å²) in [5, 5.41) is 12.5. The number of fused-ring (bicyclic) bond motifs is 2. The highest BCUT2D eigenvalue weighted by molar-refractivity contribution is 7.21. The Morgan fingerprint density at radius 2 is 1.71 bits per heavy atom. The van der Waals surface area contributed by atoms with E-state index in [1.165, 1.54) is 10.5 Å². The summed E-state index contributed by atoms with van der Waals surface area (Å²) in [5.74, 6) is -1.14. The van der Waals surface area contributed by atoms with E-state index in [2.05, 4.69) is 19.6 Å². The Hall–Kier alpha value is -4.21. The van der Waals surface area contributed by atoms with E-state index in [1.54, 1.807) is 19.2 Å². The van der Waals surface area contributed by atoms with Crippen molar-refractivity contribution in [2.24, 2.45) is 0 Å². The van der Waals surface area contributed by atoms with Gasteiger partial charge in [-0.2, -0.15) is 0 Å². The third-order valence-electron chi connectivity index (χ3n) is 7.30. The van der Waals surface area contributed by atoms with Crippen molar-refractivity contribution < 1.29 is 24.2 Å². The molecular weight excluding hydrogens is 567 g/mol. The van der Waals surface area contributed by atoms with Gasteiger partial charge in [-0.05, 0) is 70.6 Å². The first kappa shape index (κ1) is 29.3. The number of carbonyl (C=O) groups excluding carboxylic acids is 1. The summed E-state index contributed by atoms with van der Waals surface area (Å²) in [6.45, 7) is 8.68. The second-order valence-corrected chi connectivity index (χ2v) is 18.2. The molecule has 0 atom stereocenters. The number of rotatable bonds is 9. The van der Waals surface area contributed by atoms with Gasteiger partial charge in [0.25, 0.3) is 5.56 Å². The number of methoxy groups -OCH3 is 1. The molecule has 7 nitrogen and oxygen atoms in total. The summed E-state index contributed by atoms with van der Waals surface area (Å²) in [4.78, 5) is 40.9. The van der Waals surface area contributed by atoms with Crippen LogP contribution in [0.15, 0.2) is 71.5 Å². The fourth-order valence-electron chi connectivity index (χ4n) is 5.13. The number of aromatic nitrogens is 1. The maximum absolute atomic E-state index is 13.8. The molecule has 0 radical (unpaired) electrons. The third kappa shape index (κ3) is 5.75. The van der Waals surface area contributed by atoms with Crippen molar-refractivity contribution in [2.75, 3.05) is 13.7 Å². The molecular formula is C33H33NO6SSi. The fourth-order valence-corrected chi connectivity index (χ4v) is 7.14. The second-order valence-electron chi connectivity index (χ2n) is 11.6. The van der Waals surface area contributed by atoms with Gasteiger partial charge in [0.05, 0.1) is 24.2 Å². The van der Waals surface area contributed by atoms with Gasteiger partial charge in [0.1, 0.15) is 10.6 Å². The smallest absolute Gasteiger partial charge is 0.356 e. The van der Waals surface area contributed by atoms with E-state index in [-0.39, 0.29) is 29.1 Å². The number of carbonyl (C=O) groups is 2. The summed E-state index contributed by atoms with van der Waals surface area (Å²) in [7, 11) is 0.0903. The second kappa shape index (κ2) is 11.6. The van der Waals surface area contributed by atoms with E-state index in [4.69, 9.17) is 9.47 Å². The first-order chi connectivity index (χ1) is 20.0. The minimum atomic E-state index is -1.49. The van der Waals surface area contributed by atoms with Crippen LogP contribution in [0.2, 0.25) is 25.7 Å². The van der Waals surface area contributed by atoms with E-state index >= 15 is 0 Å². The molecule has 0 bridgehead atoms. The van der Waals surface area contributed by atoms with Crippen LogP contribution in [0.25, 0.3) is 26.0 Å². The SMILES string of the molecule is COc1ccc(-c2sc3c(C(=O)O)c(Cc4cccc5ccccc45)cc(=O)n3c2C(=O)OCC[Si](C)(C)C)cc1C. The number of benzene rings is 3. The summed E-state index contributed by atoms with van der Waals surface area (Å²) in [6.07, 6.45) is 0.250. The van der Waals surface area contributed by atoms with E-state index in [1.807, 2.05) is 55.5 Å². The maximum atomic E-state index is 13.8. The molecule has 1 N–H and O–H groups in total. The molecule has 42 heavy (non-hydrogen) atoms. The van der Waals surface area contributed by atoms with Crippen molar-refractivity contribution in [3.63, 3.8) is 0 Å².